The molecule has 0 aliphatic carbocycles. The van der Waals surface area contributed by atoms with Gasteiger partial charge >= 0.3 is 11.9 Å². The van der Waals surface area contributed by atoms with Crippen molar-refractivity contribution in [3.05, 3.63) is 41.0 Å². The van der Waals surface area contributed by atoms with Crippen molar-refractivity contribution in [3.63, 3.8) is 0 Å². The minimum atomic E-state index is -1.41. The van der Waals surface area contributed by atoms with Crippen LogP contribution in [0.3, 0.4) is 0 Å². The summed E-state index contributed by atoms with van der Waals surface area (Å²) in [4.78, 5) is 47.4. The second-order valence-corrected chi connectivity index (χ2v) is 8.43. The van der Waals surface area contributed by atoms with E-state index in [-0.39, 0.29) is 43.1 Å². The zero-order valence-electron chi connectivity index (χ0n) is 20.3. The lowest BCUT2D eigenvalue weighted by molar-refractivity contribution is -0.272. The van der Waals surface area contributed by atoms with E-state index in [1.165, 1.54) is 19.9 Å². The number of carbonyl (C=O) groups is 4. The van der Waals surface area contributed by atoms with Gasteiger partial charge in [0.25, 0.3) is 5.91 Å². The number of benzene rings is 1. The van der Waals surface area contributed by atoms with Crippen LogP contribution in [0.15, 0.2) is 29.8 Å². The summed E-state index contributed by atoms with van der Waals surface area (Å²) in [7, 11) is 0. The predicted octanol–water partition coefficient (Wildman–Crippen LogP) is -1.75. The monoisotopic (exact) mass is 522 g/mol. The summed E-state index contributed by atoms with van der Waals surface area (Å²) < 4.78 is 21.0. The van der Waals surface area contributed by atoms with Crippen molar-refractivity contribution < 1.29 is 53.4 Å². The van der Waals surface area contributed by atoms with Gasteiger partial charge in [0.2, 0.25) is 5.91 Å². The number of nitrogens with one attached hydrogen (secondary N) is 2. The summed E-state index contributed by atoms with van der Waals surface area (Å²) >= 11 is 0. The topological polar surface area (TPSA) is 190 Å². The summed E-state index contributed by atoms with van der Waals surface area (Å²) in [6.07, 6.45) is -5.02. The number of cyclic esters (lactones) is 2. The predicted molar refractivity (Wildman–Crippen MR) is 125 cm³/mol. The average molecular weight is 523 g/mol. The lowest BCUT2D eigenvalue weighted by atomic mass is 9.97. The molecule has 0 spiro atoms. The Morgan fingerprint density at radius 1 is 1.08 bits per heavy atom. The Hall–Kier alpha value is -3.20. The van der Waals surface area contributed by atoms with E-state index in [1.807, 2.05) is 0 Å². The molecule has 2 aliphatic heterocycles. The van der Waals surface area contributed by atoms with Gasteiger partial charge in [0.1, 0.15) is 24.4 Å². The van der Waals surface area contributed by atoms with Gasteiger partial charge in [-0.05, 0) is 24.6 Å². The van der Waals surface area contributed by atoms with Crippen molar-refractivity contribution in [2.75, 3.05) is 33.0 Å². The number of amides is 2. The fourth-order valence-electron chi connectivity index (χ4n) is 3.89. The third kappa shape index (κ3) is 6.97. The number of carbonyl (C=O) groups excluding carboxylic acids is 4. The van der Waals surface area contributed by atoms with E-state index in [9.17, 15) is 34.5 Å². The van der Waals surface area contributed by atoms with E-state index in [0.717, 1.165) is 0 Å². The van der Waals surface area contributed by atoms with Crippen molar-refractivity contribution >= 4 is 29.3 Å². The van der Waals surface area contributed by atoms with Gasteiger partial charge in [0.15, 0.2) is 6.29 Å². The van der Waals surface area contributed by atoms with Crippen molar-refractivity contribution in [1.82, 2.24) is 10.6 Å². The number of hydrogen-bond donors (Lipinski definition) is 5. The number of aliphatic hydroxyl groups is 3. The number of ether oxygens (including phenoxy) is 4. The molecule has 1 aromatic carbocycles. The lowest BCUT2D eigenvalue weighted by Gasteiger charge is -2.42. The van der Waals surface area contributed by atoms with E-state index >= 15 is 0 Å². The van der Waals surface area contributed by atoms with Gasteiger partial charge in [-0.25, -0.2) is 9.59 Å². The third-order valence-corrected chi connectivity index (χ3v) is 5.78. The SMILES string of the molecule is CC(=O)NC1C(OCCOCCNC(=O)c2cccc(C3=C(C)C(=O)OC3=O)c2)OC(CO)C(O)C1O. The van der Waals surface area contributed by atoms with Gasteiger partial charge in [-0.1, -0.05) is 12.1 Å². The van der Waals surface area contributed by atoms with Crippen LogP contribution in [0.5, 0.6) is 0 Å². The minimum Gasteiger partial charge on any atom is -0.394 e. The highest BCUT2D eigenvalue weighted by atomic mass is 16.7. The van der Waals surface area contributed by atoms with Crippen LogP contribution in [0.2, 0.25) is 0 Å². The first kappa shape index (κ1) is 28.4. The highest BCUT2D eigenvalue weighted by Crippen LogP contribution is 2.27. The van der Waals surface area contributed by atoms with E-state index in [2.05, 4.69) is 15.4 Å². The average Bonchev–Trinajstić information content (AvgIpc) is 3.12. The van der Waals surface area contributed by atoms with Crippen molar-refractivity contribution in [1.29, 1.82) is 0 Å². The zero-order chi connectivity index (χ0) is 27.1. The molecule has 0 radical (unpaired) electrons. The molecule has 0 bridgehead atoms. The standard InChI is InChI=1S/C24H30N2O11/c1-12-17(23(33)37-22(12)32)14-4-3-5-15(10-14)21(31)25-6-7-34-8-9-35-24-18(26-13(2)28)20(30)19(29)16(11-27)36-24/h3-5,10,16,18-20,24,27,29-30H,6-9,11H2,1-2H3,(H,25,31)(H,26,28). The molecule has 1 fully saturated rings. The molecule has 1 aromatic rings. The first-order valence-corrected chi connectivity index (χ1v) is 11.6. The second-order valence-electron chi connectivity index (χ2n) is 8.43. The largest absolute Gasteiger partial charge is 0.394 e. The maximum atomic E-state index is 12.5. The van der Waals surface area contributed by atoms with Gasteiger partial charge in [-0.2, -0.15) is 0 Å². The molecule has 5 N–H and O–H groups in total. The normalized spacial score (nSPS) is 25.7. The summed E-state index contributed by atoms with van der Waals surface area (Å²) in [5, 5.41) is 34.7. The van der Waals surface area contributed by atoms with Crippen LogP contribution < -0.4 is 10.6 Å². The van der Waals surface area contributed by atoms with Gasteiger partial charge in [0.05, 0.1) is 32.0 Å². The molecular weight excluding hydrogens is 492 g/mol. The Labute approximate surface area is 212 Å². The van der Waals surface area contributed by atoms with E-state index in [4.69, 9.17) is 14.2 Å². The Kier molecular flexibility index (Phi) is 9.86. The molecule has 5 unspecified atom stereocenters. The highest BCUT2D eigenvalue weighted by molar-refractivity contribution is 6.30. The summed E-state index contributed by atoms with van der Waals surface area (Å²) in [5.74, 6) is -2.33. The van der Waals surface area contributed by atoms with Gasteiger partial charge in [0, 0.05) is 24.6 Å². The molecule has 3 rings (SSSR count). The van der Waals surface area contributed by atoms with Crippen LogP contribution in [0.4, 0.5) is 0 Å². The van der Waals surface area contributed by atoms with Crippen LogP contribution in [0.1, 0.15) is 29.8 Å². The van der Waals surface area contributed by atoms with Gasteiger partial charge in [-0.15, -0.1) is 0 Å². The fourth-order valence-corrected chi connectivity index (χ4v) is 3.89. The Morgan fingerprint density at radius 3 is 2.49 bits per heavy atom. The Morgan fingerprint density at radius 2 is 1.84 bits per heavy atom. The molecule has 37 heavy (non-hydrogen) atoms. The van der Waals surface area contributed by atoms with Crippen LogP contribution in [0.25, 0.3) is 5.57 Å². The van der Waals surface area contributed by atoms with E-state index in [1.54, 1.807) is 18.2 Å². The molecule has 0 aromatic heterocycles. The van der Waals surface area contributed by atoms with Crippen molar-refractivity contribution in [2.45, 2.75) is 44.5 Å². The third-order valence-electron chi connectivity index (χ3n) is 5.78. The molecule has 5 atom stereocenters. The first-order chi connectivity index (χ1) is 17.6. The highest BCUT2D eigenvalue weighted by Gasteiger charge is 2.45. The molecule has 2 amide bonds. The molecule has 202 valence electrons. The maximum Gasteiger partial charge on any atom is 0.347 e. The summed E-state index contributed by atoms with van der Waals surface area (Å²) in [5.41, 5.74) is 0.986. The van der Waals surface area contributed by atoms with Crippen LogP contribution in [0, 0.1) is 0 Å². The lowest BCUT2D eigenvalue weighted by Crippen LogP contribution is -2.64. The summed E-state index contributed by atoms with van der Waals surface area (Å²) in [6.45, 7) is 2.56. The molecule has 13 nitrogen and oxygen atoms in total. The smallest absolute Gasteiger partial charge is 0.347 e. The Balaban J connectivity index is 1.42. The second kappa shape index (κ2) is 12.9. The van der Waals surface area contributed by atoms with Crippen molar-refractivity contribution in [2.24, 2.45) is 0 Å². The Bertz CT molecular complexity index is 1060. The molecule has 2 aliphatic rings. The quantitative estimate of drug-likeness (QED) is 0.126. The minimum absolute atomic E-state index is 0.000982. The van der Waals surface area contributed by atoms with Crippen molar-refractivity contribution in [3.8, 4) is 0 Å². The zero-order valence-corrected chi connectivity index (χ0v) is 20.3. The van der Waals surface area contributed by atoms with Gasteiger partial charge in [-0.3, -0.25) is 9.59 Å². The molecule has 0 saturated carbocycles. The first-order valence-electron chi connectivity index (χ1n) is 11.6. The van der Waals surface area contributed by atoms with Crippen LogP contribution in [-0.4, -0.2) is 103 Å². The van der Waals surface area contributed by atoms with Crippen LogP contribution >= 0.6 is 0 Å². The molecule has 2 heterocycles. The number of hydrogen-bond acceptors (Lipinski definition) is 11. The molecule has 13 heteroatoms. The van der Waals surface area contributed by atoms with E-state index in [0.29, 0.717) is 5.56 Å². The molecule has 1 saturated heterocycles. The number of aliphatic hydroxyl groups excluding tert-OH is 3. The van der Waals surface area contributed by atoms with Crippen LogP contribution in [-0.2, 0) is 33.3 Å². The number of rotatable bonds is 11. The van der Waals surface area contributed by atoms with E-state index < -0.39 is 61.0 Å². The number of esters is 2. The maximum absolute atomic E-state index is 12.5. The summed E-state index contributed by atoms with van der Waals surface area (Å²) in [6, 6.07) is 5.20. The molecular formula is C24H30N2O11. The fraction of sp³-hybridized carbons (Fsp3) is 0.500. The van der Waals surface area contributed by atoms with Gasteiger partial charge < -0.3 is 44.9 Å².